The van der Waals surface area contributed by atoms with Crippen molar-refractivity contribution in [1.29, 1.82) is 0 Å². The molecule has 0 aliphatic rings. The molecule has 0 aliphatic heterocycles. The molecule has 0 atom stereocenters. The summed E-state index contributed by atoms with van der Waals surface area (Å²) < 4.78 is 13.5. The molecule has 0 heterocycles. The summed E-state index contributed by atoms with van der Waals surface area (Å²) in [5, 5.41) is 5.88. The molecular weight excluding hydrogens is 275 g/mol. The summed E-state index contributed by atoms with van der Waals surface area (Å²) in [5.41, 5.74) is 1.41. The fraction of sp³-hybridized carbons (Fsp3) is 0.0667. The number of Topliss-reactive ketones (excluding diaryl/α,β-unsaturated/α-hetero) is 1. The van der Waals surface area contributed by atoms with Gasteiger partial charge in [-0.3, -0.25) is 4.79 Å². The number of hydrogen-bond donors (Lipinski definition) is 2. The van der Waals surface area contributed by atoms with E-state index in [0.29, 0.717) is 11.3 Å². The molecule has 0 spiro atoms. The number of anilines is 2. The van der Waals surface area contributed by atoms with E-state index in [-0.39, 0.29) is 16.6 Å². The van der Waals surface area contributed by atoms with Gasteiger partial charge in [0.05, 0.1) is 11.4 Å². The Kier molecular flexibility index (Phi) is 4.42. The highest BCUT2D eigenvalue weighted by molar-refractivity contribution is 7.80. The largest absolute Gasteiger partial charge is 0.332 e. The molecule has 0 fully saturated rings. The van der Waals surface area contributed by atoms with E-state index >= 15 is 0 Å². The summed E-state index contributed by atoms with van der Waals surface area (Å²) in [7, 11) is 0. The molecule has 0 aromatic heterocycles. The van der Waals surface area contributed by atoms with Crippen LogP contribution >= 0.6 is 12.2 Å². The first-order valence-corrected chi connectivity index (χ1v) is 6.41. The molecule has 0 amide bonds. The van der Waals surface area contributed by atoms with E-state index in [1.165, 1.54) is 13.0 Å². The highest BCUT2D eigenvalue weighted by Crippen LogP contribution is 2.17. The first kappa shape index (κ1) is 14.1. The lowest BCUT2D eigenvalue weighted by atomic mass is 10.1. The average Bonchev–Trinajstić information content (AvgIpc) is 2.41. The third-order valence-electron chi connectivity index (χ3n) is 2.68. The molecule has 3 nitrogen and oxygen atoms in total. The Morgan fingerprint density at radius 1 is 1.00 bits per heavy atom. The Hall–Kier alpha value is -2.27. The van der Waals surface area contributed by atoms with Crippen molar-refractivity contribution in [3.8, 4) is 0 Å². The van der Waals surface area contributed by atoms with Crippen LogP contribution in [-0.4, -0.2) is 10.9 Å². The summed E-state index contributed by atoms with van der Waals surface area (Å²) in [4.78, 5) is 11.5. The number of para-hydroxylation sites is 2. The van der Waals surface area contributed by atoms with Gasteiger partial charge < -0.3 is 10.6 Å². The number of hydrogen-bond acceptors (Lipinski definition) is 2. The predicted octanol–water partition coefficient (Wildman–Crippen LogP) is 3.84. The van der Waals surface area contributed by atoms with Crippen molar-refractivity contribution >= 4 is 34.5 Å². The van der Waals surface area contributed by atoms with E-state index in [0.717, 1.165) is 0 Å². The van der Waals surface area contributed by atoms with E-state index in [2.05, 4.69) is 10.6 Å². The standard InChI is InChI=1S/C15H13FN2OS/c1-10(19)11-6-2-4-8-13(11)17-15(20)18-14-9-5-3-7-12(14)16/h2-9H,1H3,(H2,17,18,20). The lowest BCUT2D eigenvalue weighted by molar-refractivity contribution is 0.101. The van der Waals surface area contributed by atoms with Crippen molar-refractivity contribution in [1.82, 2.24) is 0 Å². The average molecular weight is 288 g/mol. The van der Waals surface area contributed by atoms with Gasteiger partial charge in [-0.1, -0.05) is 24.3 Å². The van der Waals surface area contributed by atoms with Crippen LogP contribution in [0.4, 0.5) is 15.8 Å². The number of rotatable bonds is 3. The Bertz CT molecular complexity index is 658. The van der Waals surface area contributed by atoms with Gasteiger partial charge in [0.25, 0.3) is 0 Å². The molecule has 0 saturated heterocycles. The molecule has 0 radical (unpaired) electrons. The zero-order valence-corrected chi connectivity index (χ0v) is 11.6. The predicted molar refractivity (Wildman–Crippen MR) is 82.7 cm³/mol. The quantitative estimate of drug-likeness (QED) is 0.665. The van der Waals surface area contributed by atoms with Crippen molar-refractivity contribution in [3.63, 3.8) is 0 Å². The monoisotopic (exact) mass is 288 g/mol. The second-order valence-electron chi connectivity index (χ2n) is 4.16. The minimum Gasteiger partial charge on any atom is -0.332 e. The van der Waals surface area contributed by atoms with Crippen LogP contribution < -0.4 is 10.6 Å². The summed E-state index contributed by atoms with van der Waals surface area (Å²) in [5.74, 6) is -0.460. The molecular formula is C15H13FN2OS. The SMILES string of the molecule is CC(=O)c1ccccc1NC(=S)Nc1ccccc1F. The summed E-state index contributed by atoms with van der Waals surface area (Å²) >= 11 is 5.12. The van der Waals surface area contributed by atoms with Crippen LogP contribution in [0.3, 0.4) is 0 Å². The number of nitrogens with one attached hydrogen (secondary N) is 2. The normalized spacial score (nSPS) is 9.90. The zero-order valence-electron chi connectivity index (χ0n) is 10.8. The minimum absolute atomic E-state index is 0.0678. The molecule has 0 unspecified atom stereocenters. The Morgan fingerprint density at radius 2 is 1.55 bits per heavy atom. The fourth-order valence-electron chi connectivity index (χ4n) is 1.74. The lowest BCUT2D eigenvalue weighted by Crippen LogP contribution is -2.21. The molecule has 5 heteroatoms. The summed E-state index contributed by atoms with van der Waals surface area (Å²) in [6.45, 7) is 1.48. The Balaban J connectivity index is 2.13. The minimum atomic E-state index is -0.392. The third kappa shape index (κ3) is 3.39. The highest BCUT2D eigenvalue weighted by Gasteiger charge is 2.08. The van der Waals surface area contributed by atoms with Crippen LogP contribution in [0, 0.1) is 5.82 Å². The number of carbonyl (C=O) groups excluding carboxylic acids is 1. The number of halogens is 1. The molecule has 0 bridgehead atoms. The smallest absolute Gasteiger partial charge is 0.175 e. The van der Waals surface area contributed by atoms with Gasteiger partial charge >= 0.3 is 0 Å². The second kappa shape index (κ2) is 6.25. The molecule has 2 aromatic rings. The number of carbonyl (C=O) groups is 1. The molecule has 0 aliphatic carbocycles. The topological polar surface area (TPSA) is 41.1 Å². The van der Waals surface area contributed by atoms with Crippen LogP contribution in [0.2, 0.25) is 0 Å². The van der Waals surface area contributed by atoms with Gasteiger partial charge in [0.2, 0.25) is 0 Å². The van der Waals surface area contributed by atoms with Crippen molar-refractivity contribution in [2.45, 2.75) is 6.92 Å². The number of ketones is 1. The number of thiocarbonyl (C=S) groups is 1. The van der Waals surface area contributed by atoms with Crippen molar-refractivity contribution < 1.29 is 9.18 Å². The molecule has 2 N–H and O–H groups in total. The van der Waals surface area contributed by atoms with Crippen LogP contribution in [0.1, 0.15) is 17.3 Å². The van der Waals surface area contributed by atoms with Crippen LogP contribution in [0.5, 0.6) is 0 Å². The molecule has 20 heavy (non-hydrogen) atoms. The van der Waals surface area contributed by atoms with Crippen LogP contribution in [-0.2, 0) is 0 Å². The van der Waals surface area contributed by atoms with E-state index in [1.54, 1.807) is 42.5 Å². The van der Waals surface area contributed by atoms with Gasteiger partial charge in [0, 0.05) is 5.56 Å². The fourth-order valence-corrected chi connectivity index (χ4v) is 1.96. The molecule has 0 saturated carbocycles. The van der Waals surface area contributed by atoms with Gasteiger partial charge in [-0.25, -0.2) is 4.39 Å². The van der Waals surface area contributed by atoms with Crippen molar-refractivity contribution in [2.75, 3.05) is 10.6 Å². The molecule has 2 aromatic carbocycles. The highest BCUT2D eigenvalue weighted by atomic mass is 32.1. The summed E-state index contributed by atoms with van der Waals surface area (Å²) in [6, 6.07) is 13.2. The lowest BCUT2D eigenvalue weighted by Gasteiger charge is -2.13. The molecule has 2 rings (SSSR count). The van der Waals surface area contributed by atoms with Gasteiger partial charge in [-0.15, -0.1) is 0 Å². The second-order valence-corrected chi connectivity index (χ2v) is 4.57. The van der Waals surface area contributed by atoms with E-state index in [1.807, 2.05) is 0 Å². The number of benzene rings is 2. The van der Waals surface area contributed by atoms with Gasteiger partial charge in [0.15, 0.2) is 10.9 Å². The maximum absolute atomic E-state index is 13.5. The van der Waals surface area contributed by atoms with Crippen LogP contribution in [0.15, 0.2) is 48.5 Å². The van der Waals surface area contributed by atoms with E-state index in [9.17, 15) is 9.18 Å². The van der Waals surface area contributed by atoms with Crippen molar-refractivity contribution in [3.05, 3.63) is 59.9 Å². The zero-order chi connectivity index (χ0) is 14.5. The van der Waals surface area contributed by atoms with E-state index in [4.69, 9.17) is 12.2 Å². The van der Waals surface area contributed by atoms with Crippen molar-refractivity contribution in [2.24, 2.45) is 0 Å². The van der Waals surface area contributed by atoms with Gasteiger partial charge in [-0.05, 0) is 43.4 Å². The summed E-state index contributed by atoms with van der Waals surface area (Å²) in [6.07, 6.45) is 0. The third-order valence-corrected chi connectivity index (χ3v) is 2.88. The van der Waals surface area contributed by atoms with Gasteiger partial charge in [0.1, 0.15) is 5.82 Å². The maximum Gasteiger partial charge on any atom is 0.175 e. The van der Waals surface area contributed by atoms with Gasteiger partial charge in [-0.2, -0.15) is 0 Å². The Labute approximate surface area is 121 Å². The Morgan fingerprint density at radius 3 is 2.20 bits per heavy atom. The molecule has 102 valence electrons. The first-order valence-electron chi connectivity index (χ1n) is 6.00. The first-order chi connectivity index (χ1) is 9.58. The van der Waals surface area contributed by atoms with E-state index < -0.39 is 5.82 Å². The van der Waals surface area contributed by atoms with Crippen LogP contribution in [0.25, 0.3) is 0 Å². The maximum atomic E-state index is 13.5.